The SMILES string of the molecule is Cc1ccc(Cc2nc(C(N)C(=O)O)cs2)cc1. The zero-order valence-electron chi connectivity index (χ0n) is 9.96. The minimum absolute atomic E-state index is 0.426. The molecule has 0 fully saturated rings. The number of hydrogen-bond acceptors (Lipinski definition) is 4. The summed E-state index contributed by atoms with van der Waals surface area (Å²) in [5, 5.41) is 11.4. The van der Waals surface area contributed by atoms with Crippen molar-refractivity contribution in [1.29, 1.82) is 0 Å². The number of carbonyl (C=O) groups is 1. The smallest absolute Gasteiger partial charge is 0.326 e. The van der Waals surface area contributed by atoms with E-state index >= 15 is 0 Å². The van der Waals surface area contributed by atoms with Crippen molar-refractivity contribution in [2.45, 2.75) is 19.4 Å². The average molecular weight is 262 g/mol. The molecule has 2 aromatic rings. The van der Waals surface area contributed by atoms with Gasteiger partial charge in [-0.25, -0.2) is 4.98 Å². The molecule has 1 aromatic heterocycles. The molecular formula is C13H14N2O2S. The first-order chi connectivity index (χ1) is 8.56. The molecule has 1 aromatic carbocycles. The molecule has 0 saturated heterocycles. The van der Waals surface area contributed by atoms with Crippen molar-refractivity contribution in [3.8, 4) is 0 Å². The summed E-state index contributed by atoms with van der Waals surface area (Å²) in [5.41, 5.74) is 8.31. The summed E-state index contributed by atoms with van der Waals surface area (Å²) >= 11 is 1.44. The quantitative estimate of drug-likeness (QED) is 0.885. The van der Waals surface area contributed by atoms with Crippen molar-refractivity contribution in [1.82, 2.24) is 4.98 Å². The molecule has 0 radical (unpaired) electrons. The van der Waals surface area contributed by atoms with Crippen molar-refractivity contribution in [3.63, 3.8) is 0 Å². The summed E-state index contributed by atoms with van der Waals surface area (Å²) in [7, 11) is 0. The number of aryl methyl sites for hydroxylation is 1. The Balaban J connectivity index is 2.11. The van der Waals surface area contributed by atoms with Gasteiger partial charge in [-0.1, -0.05) is 29.8 Å². The molecule has 0 aliphatic rings. The highest BCUT2D eigenvalue weighted by atomic mass is 32.1. The Morgan fingerprint density at radius 2 is 2.11 bits per heavy atom. The molecule has 18 heavy (non-hydrogen) atoms. The summed E-state index contributed by atoms with van der Waals surface area (Å²) in [4.78, 5) is 15.0. The lowest BCUT2D eigenvalue weighted by molar-refractivity contribution is -0.138. The Labute approximate surface area is 109 Å². The van der Waals surface area contributed by atoms with Gasteiger partial charge in [0.1, 0.15) is 6.04 Å². The Kier molecular flexibility index (Phi) is 3.74. The molecule has 1 heterocycles. The summed E-state index contributed by atoms with van der Waals surface area (Å²) < 4.78 is 0. The molecule has 0 aliphatic heterocycles. The number of aromatic nitrogens is 1. The van der Waals surface area contributed by atoms with Gasteiger partial charge in [0.2, 0.25) is 0 Å². The topological polar surface area (TPSA) is 76.2 Å². The van der Waals surface area contributed by atoms with Crippen LogP contribution in [0.25, 0.3) is 0 Å². The first kappa shape index (κ1) is 12.7. The molecule has 4 nitrogen and oxygen atoms in total. The fraction of sp³-hybridized carbons (Fsp3) is 0.231. The number of thiazole rings is 1. The molecule has 0 aliphatic carbocycles. The minimum atomic E-state index is -1.05. The number of hydrogen-bond donors (Lipinski definition) is 2. The van der Waals surface area contributed by atoms with Crippen molar-refractivity contribution in [2.75, 3.05) is 0 Å². The zero-order valence-corrected chi connectivity index (χ0v) is 10.8. The average Bonchev–Trinajstić information content (AvgIpc) is 2.79. The van der Waals surface area contributed by atoms with Gasteiger partial charge in [-0.15, -0.1) is 11.3 Å². The molecule has 2 rings (SSSR count). The van der Waals surface area contributed by atoms with E-state index in [0.717, 1.165) is 10.6 Å². The van der Waals surface area contributed by atoms with Gasteiger partial charge in [-0.05, 0) is 12.5 Å². The molecule has 1 atom stereocenters. The second kappa shape index (κ2) is 5.29. The van der Waals surface area contributed by atoms with Gasteiger partial charge in [0.25, 0.3) is 0 Å². The van der Waals surface area contributed by atoms with Gasteiger partial charge in [-0.3, -0.25) is 4.79 Å². The third kappa shape index (κ3) is 2.94. The van der Waals surface area contributed by atoms with Gasteiger partial charge in [0.05, 0.1) is 10.7 Å². The summed E-state index contributed by atoms with van der Waals surface area (Å²) in [5.74, 6) is -1.05. The van der Waals surface area contributed by atoms with Crippen molar-refractivity contribution in [3.05, 3.63) is 51.5 Å². The molecule has 0 spiro atoms. The van der Waals surface area contributed by atoms with Crippen LogP contribution in [0.4, 0.5) is 0 Å². The molecule has 5 heteroatoms. The van der Waals surface area contributed by atoms with E-state index in [1.807, 2.05) is 31.2 Å². The summed E-state index contributed by atoms with van der Waals surface area (Å²) in [6, 6.07) is 7.16. The molecule has 94 valence electrons. The number of aliphatic carboxylic acids is 1. The minimum Gasteiger partial charge on any atom is -0.480 e. The van der Waals surface area contributed by atoms with E-state index in [9.17, 15) is 4.79 Å². The predicted octanol–water partition coefficient (Wildman–Crippen LogP) is 2.13. The maximum atomic E-state index is 10.7. The van der Waals surface area contributed by atoms with Crippen LogP contribution < -0.4 is 5.73 Å². The molecule has 0 saturated carbocycles. The van der Waals surface area contributed by atoms with E-state index in [2.05, 4.69) is 4.98 Å². The van der Waals surface area contributed by atoms with Crippen LogP contribution in [0.2, 0.25) is 0 Å². The first-order valence-electron chi connectivity index (χ1n) is 5.54. The number of carboxylic acids is 1. The first-order valence-corrected chi connectivity index (χ1v) is 6.42. The highest BCUT2D eigenvalue weighted by molar-refractivity contribution is 7.09. The maximum absolute atomic E-state index is 10.7. The monoisotopic (exact) mass is 262 g/mol. The van der Waals surface area contributed by atoms with Gasteiger partial charge in [0.15, 0.2) is 0 Å². The standard InChI is InChI=1S/C13H14N2O2S/c1-8-2-4-9(5-3-8)6-11-15-10(7-18-11)12(14)13(16)17/h2-5,7,12H,6,14H2,1H3,(H,16,17). The van der Waals surface area contributed by atoms with E-state index in [1.54, 1.807) is 5.38 Å². The van der Waals surface area contributed by atoms with Crippen molar-refractivity contribution in [2.24, 2.45) is 5.73 Å². The van der Waals surface area contributed by atoms with Gasteiger partial charge in [0, 0.05) is 11.8 Å². The highest BCUT2D eigenvalue weighted by Crippen LogP contribution is 2.18. The third-order valence-electron chi connectivity index (χ3n) is 2.63. The maximum Gasteiger partial charge on any atom is 0.326 e. The van der Waals surface area contributed by atoms with Crippen LogP contribution in [0.3, 0.4) is 0 Å². The van der Waals surface area contributed by atoms with Crippen LogP contribution in [0.5, 0.6) is 0 Å². The molecule has 1 unspecified atom stereocenters. The van der Waals surface area contributed by atoms with Crippen LogP contribution >= 0.6 is 11.3 Å². The van der Waals surface area contributed by atoms with Crippen molar-refractivity contribution >= 4 is 17.3 Å². The third-order valence-corrected chi connectivity index (χ3v) is 3.50. The number of benzene rings is 1. The zero-order chi connectivity index (χ0) is 13.1. The van der Waals surface area contributed by atoms with Gasteiger partial charge < -0.3 is 10.8 Å². The summed E-state index contributed by atoms with van der Waals surface area (Å²) in [6.07, 6.45) is 0.706. The van der Waals surface area contributed by atoms with Crippen LogP contribution in [0, 0.1) is 6.92 Å². The van der Waals surface area contributed by atoms with Crippen LogP contribution in [0.15, 0.2) is 29.6 Å². The van der Waals surface area contributed by atoms with E-state index in [0.29, 0.717) is 12.1 Å². The normalized spacial score (nSPS) is 12.3. The summed E-state index contributed by atoms with van der Waals surface area (Å²) in [6.45, 7) is 2.04. The van der Waals surface area contributed by atoms with Gasteiger partial charge >= 0.3 is 5.97 Å². The number of nitrogens with two attached hydrogens (primary N) is 1. The number of nitrogens with zero attached hydrogens (tertiary/aromatic N) is 1. The van der Waals surface area contributed by atoms with E-state index in [1.165, 1.54) is 16.9 Å². The fourth-order valence-corrected chi connectivity index (χ4v) is 2.42. The van der Waals surface area contributed by atoms with E-state index in [-0.39, 0.29) is 0 Å². The molecule has 3 N–H and O–H groups in total. The fourth-order valence-electron chi connectivity index (χ4n) is 1.56. The Hall–Kier alpha value is -1.72. The Morgan fingerprint density at radius 1 is 1.44 bits per heavy atom. The second-order valence-corrected chi connectivity index (χ2v) is 5.09. The lowest BCUT2D eigenvalue weighted by atomic mass is 10.1. The van der Waals surface area contributed by atoms with Gasteiger partial charge in [-0.2, -0.15) is 0 Å². The van der Waals surface area contributed by atoms with E-state index in [4.69, 9.17) is 10.8 Å². The predicted molar refractivity (Wildman–Crippen MR) is 70.7 cm³/mol. The largest absolute Gasteiger partial charge is 0.480 e. The molecule has 0 amide bonds. The molecular weight excluding hydrogens is 248 g/mol. The van der Waals surface area contributed by atoms with Crippen LogP contribution in [0.1, 0.15) is 27.9 Å². The Morgan fingerprint density at radius 3 is 2.72 bits per heavy atom. The Bertz CT molecular complexity index is 548. The number of rotatable bonds is 4. The van der Waals surface area contributed by atoms with Crippen LogP contribution in [-0.4, -0.2) is 16.1 Å². The lowest BCUT2D eigenvalue weighted by Gasteiger charge is -2.01. The highest BCUT2D eigenvalue weighted by Gasteiger charge is 2.17. The van der Waals surface area contributed by atoms with Crippen LogP contribution in [-0.2, 0) is 11.2 Å². The second-order valence-electron chi connectivity index (χ2n) is 4.14. The number of carboxylic acid groups (broad SMARTS) is 1. The van der Waals surface area contributed by atoms with E-state index < -0.39 is 12.0 Å². The van der Waals surface area contributed by atoms with Crippen molar-refractivity contribution < 1.29 is 9.90 Å². The lowest BCUT2D eigenvalue weighted by Crippen LogP contribution is -2.20. The molecule has 0 bridgehead atoms.